The van der Waals surface area contributed by atoms with Crippen LogP contribution in [0.25, 0.3) is 0 Å². The van der Waals surface area contributed by atoms with Gasteiger partial charge in [-0.15, -0.1) is 0 Å². The summed E-state index contributed by atoms with van der Waals surface area (Å²) in [4.78, 5) is 9.32. The molecule has 0 bridgehead atoms. The molecule has 0 radical (unpaired) electrons. The van der Waals surface area contributed by atoms with E-state index in [1.807, 2.05) is 6.20 Å². The normalized spacial score (nSPS) is 18.0. The number of hydrogen-bond acceptors (Lipinski definition) is 4. The highest BCUT2D eigenvalue weighted by molar-refractivity contribution is 5.41. The Morgan fingerprint density at radius 1 is 1.33 bits per heavy atom. The minimum atomic E-state index is 0.142. The zero-order chi connectivity index (χ0) is 15.5. The molecule has 1 aliphatic rings. The largest absolute Gasteiger partial charge is 0.357 e. The first-order valence-electron chi connectivity index (χ1n) is 7.96. The standard InChI is InChI=1S/C17H30N4/c1-17(2,3)19-13-14-6-9-18-16(12-14)21(5)15-7-10-20(4)11-8-15/h6,9,12,15,19H,7-8,10-11,13H2,1-5H3. The van der Waals surface area contributed by atoms with Gasteiger partial charge in [-0.25, -0.2) is 4.98 Å². The Hall–Kier alpha value is -1.13. The maximum absolute atomic E-state index is 4.56. The second kappa shape index (κ2) is 6.75. The van der Waals surface area contributed by atoms with E-state index >= 15 is 0 Å². The third-order valence-corrected chi connectivity index (χ3v) is 4.23. The first-order chi connectivity index (χ1) is 9.85. The van der Waals surface area contributed by atoms with Gasteiger partial charge in [0.15, 0.2) is 0 Å². The fraction of sp³-hybridized carbons (Fsp3) is 0.706. The van der Waals surface area contributed by atoms with Gasteiger partial charge >= 0.3 is 0 Å². The third kappa shape index (κ3) is 4.97. The van der Waals surface area contributed by atoms with E-state index in [1.165, 1.54) is 31.5 Å². The molecule has 1 saturated heterocycles. The van der Waals surface area contributed by atoms with Crippen LogP contribution in [0.5, 0.6) is 0 Å². The van der Waals surface area contributed by atoms with Crippen molar-refractivity contribution in [1.82, 2.24) is 15.2 Å². The molecule has 0 spiro atoms. The number of piperidine rings is 1. The highest BCUT2D eigenvalue weighted by Gasteiger charge is 2.21. The summed E-state index contributed by atoms with van der Waals surface area (Å²) in [5, 5.41) is 3.54. The van der Waals surface area contributed by atoms with Crippen LogP contribution in [0, 0.1) is 0 Å². The van der Waals surface area contributed by atoms with Gasteiger partial charge < -0.3 is 15.1 Å². The summed E-state index contributed by atoms with van der Waals surface area (Å²) in [6.07, 6.45) is 4.37. The number of hydrogen-bond donors (Lipinski definition) is 1. The van der Waals surface area contributed by atoms with Gasteiger partial charge in [0, 0.05) is 31.4 Å². The Morgan fingerprint density at radius 2 is 2.00 bits per heavy atom. The van der Waals surface area contributed by atoms with E-state index < -0.39 is 0 Å². The summed E-state index contributed by atoms with van der Waals surface area (Å²) < 4.78 is 0. The van der Waals surface area contributed by atoms with Gasteiger partial charge in [0.2, 0.25) is 0 Å². The van der Waals surface area contributed by atoms with Crippen molar-refractivity contribution in [3.63, 3.8) is 0 Å². The number of rotatable bonds is 4. The molecule has 1 aromatic heterocycles. The van der Waals surface area contributed by atoms with Crippen molar-refractivity contribution < 1.29 is 0 Å². The zero-order valence-corrected chi connectivity index (χ0v) is 14.2. The molecule has 2 heterocycles. The fourth-order valence-electron chi connectivity index (χ4n) is 2.70. The molecule has 1 aliphatic heterocycles. The first kappa shape index (κ1) is 16.2. The molecule has 1 fully saturated rings. The summed E-state index contributed by atoms with van der Waals surface area (Å²) in [6.45, 7) is 9.83. The molecule has 4 heteroatoms. The summed E-state index contributed by atoms with van der Waals surface area (Å²) in [6, 6.07) is 4.93. The van der Waals surface area contributed by atoms with Gasteiger partial charge in [-0.05, 0) is 71.4 Å². The predicted molar refractivity (Wildman–Crippen MR) is 89.8 cm³/mol. The second-order valence-electron chi connectivity index (χ2n) is 7.27. The Kier molecular flexibility index (Phi) is 5.22. The van der Waals surface area contributed by atoms with Gasteiger partial charge in [-0.1, -0.05) is 0 Å². The van der Waals surface area contributed by atoms with Crippen LogP contribution in [0.3, 0.4) is 0 Å². The molecule has 4 nitrogen and oxygen atoms in total. The van der Waals surface area contributed by atoms with Crippen molar-refractivity contribution >= 4 is 5.82 Å². The van der Waals surface area contributed by atoms with E-state index in [1.54, 1.807) is 0 Å². The molecule has 0 unspecified atom stereocenters. The van der Waals surface area contributed by atoms with Gasteiger partial charge in [-0.2, -0.15) is 0 Å². The molecule has 0 aliphatic carbocycles. The lowest BCUT2D eigenvalue weighted by atomic mass is 10.0. The number of nitrogens with one attached hydrogen (secondary N) is 1. The molecule has 0 saturated carbocycles. The molecule has 0 aromatic carbocycles. The average molecular weight is 290 g/mol. The van der Waals surface area contributed by atoms with Crippen molar-refractivity contribution in [2.24, 2.45) is 0 Å². The number of likely N-dealkylation sites (tertiary alicyclic amines) is 1. The van der Waals surface area contributed by atoms with Crippen molar-refractivity contribution in [3.05, 3.63) is 23.9 Å². The highest BCUT2D eigenvalue weighted by atomic mass is 15.2. The van der Waals surface area contributed by atoms with Gasteiger partial charge in [-0.3, -0.25) is 0 Å². The maximum Gasteiger partial charge on any atom is 0.128 e. The lowest BCUT2D eigenvalue weighted by Gasteiger charge is -2.35. The SMILES string of the molecule is CN1CCC(N(C)c2cc(CNC(C)(C)C)ccn2)CC1. The second-order valence-corrected chi connectivity index (χ2v) is 7.27. The molecule has 0 amide bonds. The summed E-state index contributed by atoms with van der Waals surface area (Å²) in [5.74, 6) is 1.10. The van der Waals surface area contributed by atoms with Crippen molar-refractivity contribution in [2.45, 2.75) is 51.7 Å². The van der Waals surface area contributed by atoms with E-state index in [9.17, 15) is 0 Å². The van der Waals surface area contributed by atoms with Gasteiger partial charge in [0.1, 0.15) is 5.82 Å². The monoisotopic (exact) mass is 290 g/mol. The van der Waals surface area contributed by atoms with E-state index in [-0.39, 0.29) is 5.54 Å². The lowest BCUT2D eigenvalue weighted by Crippen LogP contribution is -2.42. The van der Waals surface area contributed by atoms with Crippen molar-refractivity contribution in [3.8, 4) is 0 Å². The van der Waals surface area contributed by atoms with Crippen LogP contribution in [-0.4, -0.2) is 48.6 Å². The van der Waals surface area contributed by atoms with Crippen LogP contribution in [0.2, 0.25) is 0 Å². The Balaban J connectivity index is 1.99. The first-order valence-corrected chi connectivity index (χ1v) is 7.96. The lowest BCUT2D eigenvalue weighted by molar-refractivity contribution is 0.252. The molecular formula is C17H30N4. The number of pyridine rings is 1. The van der Waals surface area contributed by atoms with E-state index in [0.717, 1.165) is 12.4 Å². The van der Waals surface area contributed by atoms with Crippen LogP contribution < -0.4 is 10.2 Å². The predicted octanol–water partition coefficient (Wildman–Crippen LogP) is 2.50. The minimum absolute atomic E-state index is 0.142. The Morgan fingerprint density at radius 3 is 2.62 bits per heavy atom. The topological polar surface area (TPSA) is 31.4 Å². The molecule has 0 atom stereocenters. The number of anilines is 1. The third-order valence-electron chi connectivity index (χ3n) is 4.23. The van der Waals surface area contributed by atoms with Crippen molar-refractivity contribution in [2.75, 3.05) is 32.1 Å². The molecule has 2 rings (SSSR count). The van der Waals surface area contributed by atoms with Gasteiger partial charge in [0.05, 0.1) is 0 Å². The Bertz CT molecular complexity index is 444. The fourth-order valence-corrected chi connectivity index (χ4v) is 2.70. The Labute approximate surface area is 129 Å². The summed E-state index contributed by atoms with van der Waals surface area (Å²) >= 11 is 0. The molecule has 1 aromatic rings. The molecule has 118 valence electrons. The molecule has 1 N–H and O–H groups in total. The van der Waals surface area contributed by atoms with Crippen LogP contribution in [0.15, 0.2) is 18.3 Å². The quantitative estimate of drug-likeness (QED) is 0.923. The number of nitrogens with zero attached hydrogens (tertiary/aromatic N) is 3. The van der Waals surface area contributed by atoms with Crippen molar-refractivity contribution in [1.29, 1.82) is 0 Å². The number of aromatic nitrogens is 1. The van der Waals surface area contributed by atoms with Crippen LogP contribution in [0.1, 0.15) is 39.2 Å². The van der Waals surface area contributed by atoms with E-state index in [2.05, 4.69) is 67.1 Å². The minimum Gasteiger partial charge on any atom is -0.357 e. The van der Waals surface area contributed by atoms with E-state index in [4.69, 9.17) is 0 Å². The smallest absolute Gasteiger partial charge is 0.128 e. The van der Waals surface area contributed by atoms with Crippen LogP contribution in [-0.2, 0) is 6.54 Å². The molecular weight excluding hydrogens is 260 g/mol. The van der Waals surface area contributed by atoms with Crippen LogP contribution >= 0.6 is 0 Å². The van der Waals surface area contributed by atoms with Gasteiger partial charge in [0.25, 0.3) is 0 Å². The van der Waals surface area contributed by atoms with E-state index in [0.29, 0.717) is 6.04 Å². The zero-order valence-electron chi connectivity index (χ0n) is 14.2. The maximum atomic E-state index is 4.56. The average Bonchev–Trinajstić information content (AvgIpc) is 2.45. The summed E-state index contributed by atoms with van der Waals surface area (Å²) in [5.41, 5.74) is 1.44. The molecule has 21 heavy (non-hydrogen) atoms. The summed E-state index contributed by atoms with van der Waals surface area (Å²) in [7, 11) is 4.38. The van der Waals surface area contributed by atoms with Crippen LogP contribution in [0.4, 0.5) is 5.82 Å². The highest BCUT2D eigenvalue weighted by Crippen LogP contribution is 2.20.